The van der Waals surface area contributed by atoms with Crippen LogP contribution in [0.3, 0.4) is 0 Å². The van der Waals surface area contributed by atoms with Gasteiger partial charge in [-0.05, 0) is 24.3 Å². The molecule has 1 aromatic heterocycles. The van der Waals surface area contributed by atoms with Crippen LogP contribution in [0.25, 0.3) is 5.69 Å². The molecule has 0 unspecified atom stereocenters. The highest BCUT2D eigenvalue weighted by Gasteiger charge is 2.15. The van der Waals surface area contributed by atoms with Crippen molar-refractivity contribution in [2.75, 3.05) is 25.4 Å². The highest BCUT2D eigenvalue weighted by Crippen LogP contribution is 2.23. The van der Waals surface area contributed by atoms with Crippen LogP contribution in [-0.2, 0) is 6.61 Å². The molecule has 0 saturated carbocycles. The number of aromatic nitrogens is 3. The van der Waals surface area contributed by atoms with Crippen molar-refractivity contribution in [1.29, 1.82) is 0 Å². The van der Waals surface area contributed by atoms with Crippen molar-refractivity contribution in [3.8, 4) is 11.4 Å². The molecule has 1 heterocycles. The van der Waals surface area contributed by atoms with Crippen LogP contribution in [0, 0.1) is 5.82 Å². The van der Waals surface area contributed by atoms with Crippen molar-refractivity contribution in [2.45, 2.75) is 11.8 Å². The van der Waals surface area contributed by atoms with Crippen LogP contribution in [0.15, 0.2) is 59.8 Å². The Bertz CT molecular complexity index is 845. The number of benzene rings is 2. The molecular formula is C19H21FN4O2S. The van der Waals surface area contributed by atoms with Gasteiger partial charge in [0.25, 0.3) is 0 Å². The molecule has 0 aliphatic rings. The summed E-state index contributed by atoms with van der Waals surface area (Å²) in [6.45, 7) is 1.52. The van der Waals surface area contributed by atoms with E-state index in [9.17, 15) is 4.39 Å². The Hall–Kier alpha value is -2.42. The quantitative estimate of drug-likeness (QED) is 0.411. The summed E-state index contributed by atoms with van der Waals surface area (Å²) in [4.78, 5) is 0. The van der Waals surface area contributed by atoms with Crippen LogP contribution >= 0.6 is 11.8 Å². The Balaban J connectivity index is 1.76. The molecule has 0 atom stereocenters. The number of hydrogen-bond donors (Lipinski definition) is 2. The Morgan fingerprint density at radius 2 is 1.81 bits per heavy atom. The van der Waals surface area contributed by atoms with Crippen molar-refractivity contribution in [3.63, 3.8) is 0 Å². The van der Waals surface area contributed by atoms with Gasteiger partial charge >= 0.3 is 0 Å². The lowest BCUT2D eigenvalue weighted by molar-refractivity contribution is 0.278. The van der Waals surface area contributed by atoms with Crippen LogP contribution in [0.1, 0.15) is 5.82 Å². The van der Waals surface area contributed by atoms with Gasteiger partial charge in [-0.15, -0.1) is 10.2 Å². The first-order chi connectivity index (χ1) is 13.3. The van der Waals surface area contributed by atoms with Crippen LogP contribution in [0.5, 0.6) is 5.75 Å². The number of hydrogen-bond acceptors (Lipinski definition) is 6. The van der Waals surface area contributed by atoms with Crippen molar-refractivity contribution in [2.24, 2.45) is 0 Å². The van der Waals surface area contributed by atoms with E-state index >= 15 is 0 Å². The zero-order chi connectivity index (χ0) is 18.9. The standard InChI is InChI=1S/C19H21FN4O2S/c20-16-8-4-5-9-17(16)26-14-18-22-23-19(27-13-11-21-10-12-25)24(18)15-6-2-1-3-7-15/h1-9,21,25H,10-14H2. The molecule has 6 nitrogen and oxygen atoms in total. The van der Waals surface area contributed by atoms with Gasteiger partial charge in [0.1, 0.15) is 6.61 Å². The number of ether oxygens (including phenoxy) is 1. The average Bonchev–Trinajstić information content (AvgIpc) is 3.10. The van der Waals surface area contributed by atoms with E-state index in [2.05, 4.69) is 15.5 Å². The summed E-state index contributed by atoms with van der Waals surface area (Å²) in [6, 6.07) is 16.0. The van der Waals surface area contributed by atoms with Crippen LogP contribution < -0.4 is 10.1 Å². The number of nitrogens with one attached hydrogen (secondary N) is 1. The van der Waals surface area contributed by atoms with Gasteiger partial charge in [-0.2, -0.15) is 0 Å². The number of halogens is 1. The third kappa shape index (κ3) is 5.29. The lowest BCUT2D eigenvalue weighted by Gasteiger charge is -2.11. The third-order valence-corrected chi connectivity index (χ3v) is 4.64. The number of nitrogens with zero attached hydrogens (tertiary/aromatic N) is 3. The molecule has 3 rings (SSSR count). The summed E-state index contributed by atoms with van der Waals surface area (Å²) in [5.41, 5.74) is 0.917. The second kappa shape index (κ2) is 10.1. The minimum atomic E-state index is -0.409. The van der Waals surface area contributed by atoms with E-state index in [1.54, 1.807) is 30.0 Å². The lowest BCUT2D eigenvalue weighted by atomic mass is 10.3. The predicted molar refractivity (Wildman–Crippen MR) is 103 cm³/mol. The van der Waals surface area contributed by atoms with Crippen LogP contribution in [0.4, 0.5) is 4.39 Å². The van der Waals surface area contributed by atoms with Gasteiger partial charge < -0.3 is 15.2 Å². The average molecular weight is 388 g/mol. The molecule has 27 heavy (non-hydrogen) atoms. The molecule has 2 N–H and O–H groups in total. The first-order valence-corrected chi connectivity index (χ1v) is 9.59. The highest BCUT2D eigenvalue weighted by atomic mass is 32.2. The number of aliphatic hydroxyl groups excluding tert-OH is 1. The fraction of sp³-hybridized carbons (Fsp3) is 0.263. The molecule has 0 aliphatic heterocycles. The summed E-state index contributed by atoms with van der Waals surface area (Å²) in [5.74, 6) is 1.14. The van der Waals surface area contributed by atoms with Crippen molar-refractivity contribution in [3.05, 3.63) is 66.2 Å². The highest BCUT2D eigenvalue weighted by molar-refractivity contribution is 7.99. The van der Waals surface area contributed by atoms with E-state index in [1.807, 2.05) is 34.9 Å². The smallest absolute Gasteiger partial charge is 0.195 e. The molecule has 0 aliphatic carbocycles. The predicted octanol–water partition coefficient (Wildman–Crippen LogP) is 2.66. The summed E-state index contributed by atoms with van der Waals surface area (Å²) in [7, 11) is 0. The maximum atomic E-state index is 13.8. The van der Waals surface area contributed by atoms with Gasteiger partial charge in [0.2, 0.25) is 0 Å². The third-order valence-electron chi connectivity index (χ3n) is 3.71. The SMILES string of the molecule is OCCNCCSc1nnc(COc2ccccc2F)n1-c1ccccc1. The first-order valence-electron chi connectivity index (χ1n) is 8.61. The van der Waals surface area contributed by atoms with E-state index in [0.29, 0.717) is 12.4 Å². The Morgan fingerprint density at radius 1 is 1.04 bits per heavy atom. The molecule has 0 spiro atoms. The Labute approximate surface area is 161 Å². The van der Waals surface area contributed by atoms with Crippen molar-refractivity contribution in [1.82, 2.24) is 20.1 Å². The summed E-state index contributed by atoms with van der Waals surface area (Å²) in [5, 5.41) is 21.2. The topological polar surface area (TPSA) is 72.2 Å². The second-order valence-corrected chi connectivity index (χ2v) is 6.67. The number of thioether (sulfide) groups is 1. The lowest BCUT2D eigenvalue weighted by Crippen LogP contribution is -2.21. The number of aliphatic hydroxyl groups is 1. The molecule has 0 bridgehead atoms. The normalized spacial score (nSPS) is 10.9. The molecule has 0 fully saturated rings. The largest absolute Gasteiger partial charge is 0.483 e. The summed E-state index contributed by atoms with van der Waals surface area (Å²) < 4.78 is 21.3. The first kappa shape index (κ1) is 19.3. The van der Waals surface area contributed by atoms with Gasteiger partial charge in [0.05, 0.1) is 6.61 Å². The van der Waals surface area contributed by atoms with Crippen molar-refractivity contribution >= 4 is 11.8 Å². The molecule has 3 aromatic rings. The minimum Gasteiger partial charge on any atom is -0.483 e. The molecule has 142 valence electrons. The van der Waals surface area contributed by atoms with E-state index in [0.717, 1.165) is 23.1 Å². The van der Waals surface area contributed by atoms with Crippen LogP contribution in [-0.4, -0.2) is 45.3 Å². The minimum absolute atomic E-state index is 0.103. The van der Waals surface area contributed by atoms with Gasteiger partial charge in [0.15, 0.2) is 22.5 Å². The van der Waals surface area contributed by atoms with Gasteiger partial charge in [-0.25, -0.2) is 4.39 Å². The Morgan fingerprint density at radius 3 is 2.59 bits per heavy atom. The molecule has 0 amide bonds. The zero-order valence-corrected chi connectivity index (χ0v) is 15.5. The number of rotatable bonds is 10. The maximum absolute atomic E-state index is 13.8. The molecule has 0 saturated heterocycles. The molecule has 8 heteroatoms. The van der Waals surface area contributed by atoms with E-state index in [-0.39, 0.29) is 19.0 Å². The van der Waals surface area contributed by atoms with Gasteiger partial charge in [-0.1, -0.05) is 42.1 Å². The van der Waals surface area contributed by atoms with Gasteiger partial charge in [0, 0.05) is 24.5 Å². The zero-order valence-electron chi connectivity index (χ0n) is 14.7. The summed E-state index contributed by atoms with van der Waals surface area (Å²) >= 11 is 1.55. The molecule has 2 aromatic carbocycles. The van der Waals surface area contributed by atoms with Gasteiger partial charge in [-0.3, -0.25) is 4.57 Å². The van der Waals surface area contributed by atoms with E-state index in [1.165, 1.54) is 6.07 Å². The summed E-state index contributed by atoms with van der Waals surface area (Å²) in [6.07, 6.45) is 0. The number of para-hydroxylation sites is 2. The van der Waals surface area contributed by atoms with E-state index < -0.39 is 5.82 Å². The van der Waals surface area contributed by atoms with Crippen molar-refractivity contribution < 1.29 is 14.2 Å². The fourth-order valence-electron chi connectivity index (χ4n) is 2.45. The monoisotopic (exact) mass is 388 g/mol. The Kier molecular flexibility index (Phi) is 7.20. The molecular weight excluding hydrogens is 367 g/mol. The second-order valence-electron chi connectivity index (χ2n) is 5.61. The maximum Gasteiger partial charge on any atom is 0.195 e. The fourth-order valence-corrected chi connectivity index (χ4v) is 3.31. The van der Waals surface area contributed by atoms with Crippen LogP contribution in [0.2, 0.25) is 0 Å². The van der Waals surface area contributed by atoms with E-state index in [4.69, 9.17) is 9.84 Å². The molecule has 0 radical (unpaired) electrons.